The number of nitrogens with two attached hydrogens (primary N) is 1. The highest BCUT2D eigenvalue weighted by Gasteiger charge is 2.18. The van der Waals surface area contributed by atoms with Crippen LogP contribution in [0.3, 0.4) is 0 Å². The van der Waals surface area contributed by atoms with Crippen LogP contribution in [-0.4, -0.2) is 30.6 Å². The van der Waals surface area contributed by atoms with Gasteiger partial charge < -0.3 is 15.8 Å². The van der Waals surface area contributed by atoms with Crippen molar-refractivity contribution >= 4 is 11.9 Å². The van der Waals surface area contributed by atoms with Crippen LogP contribution in [0.4, 0.5) is 0 Å². The van der Waals surface area contributed by atoms with Crippen molar-refractivity contribution in [2.75, 3.05) is 6.61 Å². The van der Waals surface area contributed by atoms with E-state index in [1.165, 1.54) is 11.1 Å². The standard InChI is InChI=1S/C16H28N2O3/c1-11(2)7-6-8-12(3)9-10-21-16(20)14(5)18-15(19)13(4)17/h7,9,13-14H,6,8,10,17H2,1-5H3,(H,18,19)/t13-,14-/m0/s1. The Balaban J connectivity index is 4.07. The van der Waals surface area contributed by atoms with Crippen LogP contribution in [0.1, 0.15) is 47.5 Å². The molecule has 5 heteroatoms. The quantitative estimate of drug-likeness (QED) is 0.531. The number of hydrogen-bond donors (Lipinski definition) is 2. The molecule has 3 N–H and O–H groups in total. The van der Waals surface area contributed by atoms with Crippen LogP contribution < -0.4 is 11.1 Å². The summed E-state index contributed by atoms with van der Waals surface area (Å²) in [6.07, 6.45) is 5.99. The second kappa shape index (κ2) is 10.2. The zero-order valence-electron chi connectivity index (χ0n) is 13.7. The molecular formula is C16H28N2O3. The molecule has 0 saturated carbocycles. The molecule has 21 heavy (non-hydrogen) atoms. The lowest BCUT2D eigenvalue weighted by atomic mass is 10.1. The van der Waals surface area contributed by atoms with E-state index >= 15 is 0 Å². The summed E-state index contributed by atoms with van der Waals surface area (Å²) in [5.74, 6) is -0.828. The zero-order valence-corrected chi connectivity index (χ0v) is 13.7. The number of hydrogen-bond acceptors (Lipinski definition) is 4. The Morgan fingerprint density at radius 3 is 2.33 bits per heavy atom. The Hall–Kier alpha value is -1.62. The van der Waals surface area contributed by atoms with Gasteiger partial charge in [-0.05, 0) is 53.5 Å². The maximum absolute atomic E-state index is 11.7. The Morgan fingerprint density at radius 2 is 1.81 bits per heavy atom. The lowest BCUT2D eigenvalue weighted by molar-refractivity contribution is -0.146. The van der Waals surface area contributed by atoms with Crippen LogP contribution in [0.25, 0.3) is 0 Å². The van der Waals surface area contributed by atoms with Crippen LogP contribution in [0.5, 0.6) is 0 Å². The summed E-state index contributed by atoms with van der Waals surface area (Å²) >= 11 is 0. The molecule has 0 fully saturated rings. The molecule has 0 aromatic rings. The van der Waals surface area contributed by atoms with E-state index in [-0.39, 0.29) is 12.5 Å². The SMILES string of the molecule is CC(C)=CCCC(C)=CCOC(=O)[C@H](C)NC(=O)[C@H](C)N. The van der Waals surface area contributed by atoms with Crippen LogP contribution in [0.2, 0.25) is 0 Å². The van der Waals surface area contributed by atoms with Crippen molar-refractivity contribution in [2.45, 2.75) is 59.5 Å². The zero-order chi connectivity index (χ0) is 16.4. The fourth-order valence-corrected chi connectivity index (χ4v) is 1.49. The van der Waals surface area contributed by atoms with Gasteiger partial charge in [0.2, 0.25) is 5.91 Å². The Morgan fingerprint density at radius 1 is 1.19 bits per heavy atom. The molecule has 2 atom stereocenters. The highest BCUT2D eigenvalue weighted by Crippen LogP contribution is 2.06. The predicted molar refractivity (Wildman–Crippen MR) is 84.6 cm³/mol. The Bertz CT molecular complexity index is 408. The van der Waals surface area contributed by atoms with E-state index in [0.29, 0.717) is 0 Å². The summed E-state index contributed by atoms with van der Waals surface area (Å²) < 4.78 is 5.10. The largest absolute Gasteiger partial charge is 0.460 e. The van der Waals surface area contributed by atoms with Crippen molar-refractivity contribution in [1.82, 2.24) is 5.32 Å². The third-order valence-electron chi connectivity index (χ3n) is 2.87. The molecule has 0 radical (unpaired) electrons. The fourth-order valence-electron chi connectivity index (χ4n) is 1.49. The molecule has 0 heterocycles. The minimum Gasteiger partial charge on any atom is -0.460 e. The number of esters is 1. The van der Waals surface area contributed by atoms with Crippen LogP contribution in [0.15, 0.2) is 23.3 Å². The molecule has 0 unspecified atom stereocenters. The molecule has 0 rings (SSSR count). The van der Waals surface area contributed by atoms with Gasteiger partial charge in [0.1, 0.15) is 12.6 Å². The first kappa shape index (κ1) is 19.4. The van der Waals surface area contributed by atoms with Gasteiger partial charge in [-0.25, -0.2) is 4.79 Å². The number of carbonyl (C=O) groups excluding carboxylic acids is 2. The minimum absolute atomic E-state index is 0.220. The van der Waals surface area contributed by atoms with Crippen molar-refractivity contribution in [3.63, 3.8) is 0 Å². The second-order valence-corrected chi connectivity index (χ2v) is 5.52. The van der Waals surface area contributed by atoms with Crippen molar-refractivity contribution in [2.24, 2.45) is 5.73 Å². The number of allylic oxidation sites excluding steroid dienone is 3. The van der Waals surface area contributed by atoms with Crippen LogP contribution in [0, 0.1) is 0 Å². The molecule has 1 amide bonds. The summed E-state index contributed by atoms with van der Waals surface area (Å²) in [4.78, 5) is 23.0. The molecule has 0 spiro atoms. The topological polar surface area (TPSA) is 81.4 Å². The van der Waals surface area contributed by atoms with Crippen molar-refractivity contribution in [1.29, 1.82) is 0 Å². The number of nitrogens with one attached hydrogen (secondary N) is 1. The maximum Gasteiger partial charge on any atom is 0.328 e. The van der Waals surface area contributed by atoms with Crippen molar-refractivity contribution in [3.8, 4) is 0 Å². The predicted octanol–water partition coefficient (Wildman–Crippen LogP) is 2.07. The fraction of sp³-hybridized carbons (Fsp3) is 0.625. The number of carbonyl (C=O) groups is 2. The Kier molecular flexibility index (Phi) is 9.37. The molecule has 0 bridgehead atoms. The van der Waals surface area contributed by atoms with E-state index in [1.807, 2.05) is 13.0 Å². The molecule has 0 aliphatic carbocycles. The van der Waals surface area contributed by atoms with Gasteiger partial charge >= 0.3 is 5.97 Å². The molecule has 5 nitrogen and oxygen atoms in total. The van der Waals surface area contributed by atoms with E-state index in [0.717, 1.165) is 12.8 Å². The van der Waals surface area contributed by atoms with Crippen LogP contribution >= 0.6 is 0 Å². The molecule has 0 saturated heterocycles. The smallest absolute Gasteiger partial charge is 0.328 e. The van der Waals surface area contributed by atoms with Gasteiger partial charge in [0.05, 0.1) is 6.04 Å². The molecule has 0 aliphatic heterocycles. The summed E-state index contributed by atoms with van der Waals surface area (Å²) in [6.45, 7) is 9.50. The lowest BCUT2D eigenvalue weighted by Gasteiger charge is -2.14. The van der Waals surface area contributed by atoms with Gasteiger partial charge in [-0.15, -0.1) is 0 Å². The molecule has 0 aromatic carbocycles. The maximum atomic E-state index is 11.7. The lowest BCUT2D eigenvalue weighted by Crippen LogP contribution is -2.46. The van der Waals surface area contributed by atoms with E-state index in [2.05, 4.69) is 25.2 Å². The molecule has 0 aromatic heterocycles. The van der Waals surface area contributed by atoms with Gasteiger partial charge in [0.25, 0.3) is 0 Å². The third-order valence-corrected chi connectivity index (χ3v) is 2.87. The number of rotatable bonds is 8. The van der Waals surface area contributed by atoms with Gasteiger partial charge in [-0.1, -0.05) is 17.2 Å². The summed E-state index contributed by atoms with van der Waals surface area (Å²) in [5.41, 5.74) is 7.89. The first-order valence-electron chi connectivity index (χ1n) is 7.25. The first-order chi connectivity index (χ1) is 9.73. The van der Waals surface area contributed by atoms with E-state index in [1.54, 1.807) is 13.8 Å². The molecule has 0 aliphatic rings. The highest BCUT2D eigenvalue weighted by molar-refractivity contribution is 5.86. The van der Waals surface area contributed by atoms with E-state index < -0.39 is 18.1 Å². The minimum atomic E-state index is -0.692. The van der Waals surface area contributed by atoms with Gasteiger partial charge in [0, 0.05) is 0 Å². The molecule has 120 valence electrons. The second-order valence-electron chi connectivity index (χ2n) is 5.52. The van der Waals surface area contributed by atoms with E-state index in [4.69, 9.17) is 10.5 Å². The van der Waals surface area contributed by atoms with Gasteiger partial charge in [0.15, 0.2) is 0 Å². The monoisotopic (exact) mass is 296 g/mol. The highest BCUT2D eigenvalue weighted by atomic mass is 16.5. The van der Waals surface area contributed by atoms with Gasteiger partial charge in [-0.2, -0.15) is 0 Å². The third kappa shape index (κ3) is 9.85. The average molecular weight is 296 g/mol. The molecular weight excluding hydrogens is 268 g/mol. The number of ether oxygens (including phenoxy) is 1. The summed E-state index contributed by atoms with van der Waals surface area (Å²) in [6, 6.07) is -1.33. The number of amides is 1. The van der Waals surface area contributed by atoms with Crippen molar-refractivity contribution in [3.05, 3.63) is 23.3 Å². The van der Waals surface area contributed by atoms with Gasteiger partial charge in [-0.3, -0.25) is 4.79 Å². The summed E-state index contributed by atoms with van der Waals surface area (Å²) in [5, 5.41) is 2.50. The normalized spacial score (nSPS) is 14.1. The van der Waals surface area contributed by atoms with Crippen LogP contribution in [-0.2, 0) is 14.3 Å². The Labute approximate surface area is 127 Å². The van der Waals surface area contributed by atoms with E-state index in [9.17, 15) is 9.59 Å². The first-order valence-corrected chi connectivity index (χ1v) is 7.25. The van der Waals surface area contributed by atoms with Crippen molar-refractivity contribution < 1.29 is 14.3 Å². The summed E-state index contributed by atoms with van der Waals surface area (Å²) in [7, 11) is 0. The average Bonchev–Trinajstić information content (AvgIpc) is 2.37.